The van der Waals surface area contributed by atoms with Crippen LogP contribution in [0.3, 0.4) is 0 Å². The first kappa shape index (κ1) is 23.6. The fraction of sp³-hybridized carbons (Fsp3) is 0.276. The average Bonchev–Trinajstić information content (AvgIpc) is 3.50. The van der Waals surface area contributed by atoms with Crippen molar-refractivity contribution in [2.24, 2.45) is 5.92 Å². The lowest BCUT2D eigenvalue weighted by molar-refractivity contribution is -0.158. The maximum absolute atomic E-state index is 6.52. The van der Waals surface area contributed by atoms with Gasteiger partial charge in [-0.2, -0.15) is 0 Å². The van der Waals surface area contributed by atoms with Crippen LogP contribution in [0, 0.1) is 5.92 Å². The summed E-state index contributed by atoms with van der Waals surface area (Å²) in [7, 11) is 0. The van der Waals surface area contributed by atoms with E-state index in [0.29, 0.717) is 11.6 Å². The number of halogens is 1. The lowest BCUT2D eigenvalue weighted by Crippen LogP contribution is -2.27. The van der Waals surface area contributed by atoms with Gasteiger partial charge in [-0.25, -0.2) is 15.0 Å². The second-order valence-electron chi connectivity index (χ2n) is 10.5. The van der Waals surface area contributed by atoms with E-state index in [1.54, 1.807) is 0 Å². The quantitative estimate of drug-likeness (QED) is 0.279. The highest BCUT2D eigenvalue weighted by Crippen LogP contribution is 2.50. The smallest absolute Gasteiger partial charge is 0.163 e. The summed E-state index contributed by atoms with van der Waals surface area (Å²) in [6.45, 7) is 3.96. The van der Waals surface area contributed by atoms with Crippen LogP contribution in [0.2, 0.25) is 0 Å². The molecule has 0 radical (unpaired) electrons. The van der Waals surface area contributed by atoms with Crippen molar-refractivity contribution in [3.63, 3.8) is 0 Å². The summed E-state index contributed by atoms with van der Waals surface area (Å²) in [5.74, 6) is 0.428. The summed E-state index contributed by atoms with van der Waals surface area (Å²) in [5, 5.41) is 2.96. The number of anilines is 2. The molecule has 2 aliphatic rings. The van der Waals surface area contributed by atoms with Crippen molar-refractivity contribution in [2.75, 3.05) is 11.5 Å². The first-order valence-electron chi connectivity index (χ1n) is 12.7. The summed E-state index contributed by atoms with van der Waals surface area (Å²) in [6, 6.07) is 16.5. The maximum Gasteiger partial charge on any atom is 0.163 e. The van der Waals surface area contributed by atoms with Crippen molar-refractivity contribution in [1.82, 2.24) is 19.5 Å². The van der Waals surface area contributed by atoms with Gasteiger partial charge in [-0.1, -0.05) is 42.5 Å². The number of fused-ring (bicyclic) bond motifs is 5. The fourth-order valence-electron chi connectivity index (χ4n) is 6.12. The number of hydrogen-bond acceptors (Lipinski definition) is 7. The Labute approximate surface area is 227 Å². The summed E-state index contributed by atoms with van der Waals surface area (Å²) in [6.07, 6.45) is 6.53. The minimum atomic E-state index is -0.676. The standard InChI is InChI=1S/C29H27BrN6O2/c1-29(2)37-24-17(10-8-15-7-9-16-12-19(30)26(31)35-20(16)11-15)13-22(25(24)38-29)36-21-6-4-3-5-18(21)23-27(32)33-14-34-28(23)36/h3-12,14,17,22,24-25H,13H2,1-2H3,(H2,31,35)(H2,32,33,34)/b10-8+/t17-,22+,24+,25-/m0/s1. The second kappa shape index (κ2) is 8.49. The van der Waals surface area contributed by atoms with Crippen LogP contribution in [-0.2, 0) is 9.47 Å². The number of nitrogen functional groups attached to an aromatic ring is 2. The number of rotatable bonds is 3. The molecule has 2 fully saturated rings. The molecule has 192 valence electrons. The second-order valence-corrected chi connectivity index (χ2v) is 11.4. The van der Waals surface area contributed by atoms with Crippen LogP contribution in [0.1, 0.15) is 31.9 Å². The minimum Gasteiger partial charge on any atom is -0.383 e. The zero-order valence-corrected chi connectivity index (χ0v) is 22.6. The van der Waals surface area contributed by atoms with E-state index in [4.69, 9.17) is 20.9 Å². The summed E-state index contributed by atoms with van der Waals surface area (Å²) < 4.78 is 16.1. The SMILES string of the molecule is CC1(C)O[C@@H]2[C@H](O1)[C@@H](/C=C/c1ccc3cc(Br)c(N)nc3c1)C[C@H]2n1c2ccccc2c2c(N)ncnc21. The normalized spacial score (nSPS) is 24.7. The van der Waals surface area contributed by atoms with E-state index in [1.807, 2.05) is 32.0 Å². The summed E-state index contributed by atoms with van der Waals surface area (Å²) in [5.41, 5.74) is 16.2. The Hall–Kier alpha value is -3.53. The Morgan fingerprint density at radius 1 is 1.03 bits per heavy atom. The third-order valence-corrected chi connectivity index (χ3v) is 8.32. The predicted octanol–water partition coefficient (Wildman–Crippen LogP) is 5.85. The van der Waals surface area contributed by atoms with E-state index in [0.717, 1.165) is 49.3 Å². The Balaban J connectivity index is 1.29. The van der Waals surface area contributed by atoms with E-state index < -0.39 is 5.79 Å². The molecule has 0 bridgehead atoms. The molecule has 0 spiro atoms. The Bertz CT molecular complexity index is 1760. The van der Waals surface area contributed by atoms with Gasteiger partial charge in [0.15, 0.2) is 5.79 Å². The van der Waals surface area contributed by atoms with Crippen LogP contribution in [0.25, 0.3) is 38.9 Å². The average molecular weight is 571 g/mol. The molecular weight excluding hydrogens is 544 g/mol. The number of ether oxygens (including phenoxy) is 2. The number of aromatic nitrogens is 4. The maximum atomic E-state index is 6.52. The molecule has 5 aromatic rings. The minimum absolute atomic E-state index is 0.0172. The molecule has 0 amide bonds. The van der Waals surface area contributed by atoms with E-state index in [9.17, 15) is 0 Å². The van der Waals surface area contributed by atoms with Gasteiger partial charge in [-0.15, -0.1) is 0 Å². The monoisotopic (exact) mass is 570 g/mol. The van der Waals surface area contributed by atoms with Crippen LogP contribution < -0.4 is 11.5 Å². The van der Waals surface area contributed by atoms with Crippen LogP contribution in [-0.4, -0.2) is 37.5 Å². The molecule has 1 saturated heterocycles. The Morgan fingerprint density at radius 2 is 1.84 bits per heavy atom. The fourth-order valence-corrected chi connectivity index (χ4v) is 6.46. The molecule has 1 saturated carbocycles. The van der Waals surface area contributed by atoms with Gasteiger partial charge in [0.05, 0.1) is 33.0 Å². The van der Waals surface area contributed by atoms with Crippen molar-refractivity contribution < 1.29 is 9.47 Å². The number of para-hydroxylation sites is 1. The molecule has 0 unspecified atom stereocenters. The number of nitrogens with two attached hydrogens (primary N) is 2. The summed E-state index contributed by atoms with van der Waals surface area (Å²) >= 11 is 3.46. The molecule has 1 aliphatic carbocycles. The third kappa shape index (κ3) is 3.68. The third-order valence-electron chi connectivity index (χ3n) is 7.69. The molecule has 4 atom stereocenters. The molecule has 38 heavy (non-hydrogen) atoms. The van der Waals surface area contributed by atoms with Crippen LogP contribution in [0.15, 0.2) is 65.4 Å². The highest BCUT2D eigenvalue weighted by Gasteiger charge is 2.54. The lowest BCUT2D eigenvalue weighted by Gasteiger charge is -2.24. The molecule has 4 N–H and O–H groups in total. The number of hydrogen-bond donors (Lipinski definition) is 2. The van der Waals surface area contributed by atoms with Gasteiger partial charge in [0.2, 0.25) is 0 Å². The molecule has 1 aliphatic heterocycles. The first-order chi connectivity index (χ1) is 18.3. The zero-order chi connectivity index (χ0) is 26.2. The Morgan fingerprint density at radius 3 is 2.71 bits per heavy atom. The molecule has 2 aromatic carbocycles. The molecule has 3 aromatic heterocycles. The van der Waals surface area contributed by atoms with Gasteiger partial charge < -0.3 is 25.5 Å². The number of nitrogens with zero attached hydrogens (tertiary/aromatic N) is 4. The number of pyridine rings is 1. The Kier molecular flexibility index (Phi) is 5.27. The van der Waals surface area contributed by atoms with Gasteiger partial charge in [-0.05, 0) is 60.0 Å². The largest absolute Gasteiger partial charge is 0.383 e. The van der Waals surface area contributed by atoms with Crippen molar-refractivity contribution in [2.45, 2.75) is 44.3 Å². The van der Waals surface area contributed by atoms with Crippen LogP contribution in [0.5, 0.6) is 0 Å². The highest BCUT2D eigenvalue weighted by atomic mass is 79.9. The lowest BCUT2D eigenvalue weighted by atomic mass is 10.0. The van der Waals surface area contributed by atoms with Crippen LogP contribution >= 0.6 is 15.9 Å². The highest BCUT2D eigenvalue weighted by molar-refractivity contribution is 9.10. The van der Waals surface area contributed by atoms with E-state index in [1.165, 1.54) is 6.33 Å². The van der Waals surface area contributed by atoms with Gasteiger partial charge >= 0.3 is 0 Å². The van der Waals surface area contributed by atoms with Gasteiger partial charge in [0.1, 0.15) is 29.7 Å². The van der Waals surface area contributed by atoms with E-state index in [-0.39, 0.29) is 24.2 Å². The van der Waals surface area contributed by atoms with Crippen LogP contribution in [0.4, 0.5) is 11.6 Å². The van der Waals surface area contributed by atoms with E-state index >= 15 is 0 Å². The molecular formula is C29H27BrN6O2. The molecule has 8 nitrogen and oxygen atoms in total. The van der Waals surface area contributed by atoms with Crippen molar-refractivity contribution in [1.29, 1.82) is 0 Å². The van der Waals surface area contributed by atoms with Crippen molar-refractivity contribution in [3.8, 4) is 0 Å². The van der Waals surface area contributed by atoms with Gasteiger partial charge in [-0.3, -0.25) is 0 Å². The van der Waals surface area contributed by atoms with Crippen molar-refractivity contribution in [3.05, 3.63) is 71.0 Å². The molecule has 9 heteroatoms. The van der Waals surface area contributed by atoms with Crippen molar-refractivity contribution >= 4 is 66.5 Å². The summed E-state index contributed by atoms with van der Waals surface area (Å²) in [4.78, 5) is 13.5. The van der Waals surface area contributed by atoms with Gasteiger partial charge in [0, 0.05) is 16.7 Å². The molecule has 7 rings (SSSR count). The first-order valence-corrected chi connectivity index (χ1v) is 13.5. The molecule has 4 heterocycles. The van der Waals surface area contributed by atoms with Gasteiger partial charge in [0.25, 0.3) is 0 Å². The number of benzene rings is 2. The topological polar surface area (TPSA) is 114 Å². The predicted molar refractivity (Wildman–Crippen MR) is 153 cm³/mol. The van der Waals surface area contributed by atoms with E-state index in [2.05, 4.69) is 77.9 Å². The zero-order valence-electron chi connectivity index (χ0n) is 21.0.